The van der Waals surface area contributed by atoms with Crippen LogP contribution in [0.4, 0.5) is 11.6 Å². The van der Waals surface area contributed by atoms with Crippen molar-refractivity contribution >= 4 is 11.6 Å². The maximum atomic E-state index is 5.41. The van der Waals surface area contributed by atoms with Crippen molar-refractivity contribution in [3.63, 3.8) is 0 Å². The fourth-order valence-corrected chi connectivity index (χ4v) is 2.42. The van der Waals surface area contributed by atoms with E-state index < -0.39 is 0 Å². The highest BCUT2D eigenvalue weighted by Gasteiger charge is 2.18. The molecule has 5 nitrogen and oxygen atoms in total. The van der Waals surface area contributed by atoms with Crippen molar-refractivity contribution in [1.29, 1.82) is 0 Å². The predicted octanol–water partition coefficient (Wildman–Crippen LogP) is 2.24. The van der Waals surface area contributed by atoms with Crippen LogP contribution in [0.5, 0.6) is 5.75 Å². The molecule has 1 aromatic rings. The van der Waals surface area contributed by atoms with Gasteiger partial charge in [0.2, 0.25) is 0 Å². The van der Waals surface area contributed by atoms with Gasteiger partial charge in [0, 0.05) is 44.3 Å². The molecule has 3 rings (SSSR count). The Bertz CT molecular complexity index is 511. The van der Waals surface area contributed by atoms with Crippen molar-refractivity contribution in [2.45, 2.75) is 6.92 Å². The Kier molecular flexibility index (Phi) is 3.26. The number of ether oxygens (including phenoxy) is 1. The summed E-state index contributed by atoms with van der Waals surface area (Å²) in [7, 11) is 3.74. The highest BCUT2D eigenvalue weighted by Crippen LogP contribution is 2.29. The van der Waals surface area contributed by atoms with Crippen LogP contribution in [0.1, 0.15) is 6.92 Å². The molecule has 0 aromatic carbocycles. The van der Waals surface area contributed by atoms with E-state index in [1.165, 1.54) is 0 Å². The smallest absolute Gasteiger partial charge is 0.140 e. The zero-order chi connectivity index (χ0) is 14.1. The molecule has 0 radical (unpaired) electrons. The number of nitrogens with zero attached hydrogens (tertiary/aromatic N) is 4. The maximum Gasteiger partial charge on any atom is 0.140 e. The molecule has 0 fully saturated rings. The molecule has 1 unspecified atom stereocenters. The minimum absolute atomic E-state index is 0.560. The van der Waals surface area contributed by atoms with Crippen LogP contribution < -0.4 is 14.5 Å². The van der Waals surface area contributed by atoms with E-state index in [9.17, 15) is 0 Å². The highest BCUT2D eigenvalue weighted by atomic mass is 16.5. The first kappa shape index (κ1) is 12.8. The lowest BCUT2D eigenvalue weighted by molar-refractivity contribution is 0.414. The first-order chi connectivity index (χ1) is 9.65. The number of hydrogen-bond acceptors (Lipinski definition) is 5. The molecular formula is C15H20N4O. The van der Waals surface area contributed by atoms with Gasteiger partial charge in [0.1, 0.15) is 17.4 Å². The molecule has 3 heterocycles. The first-order valence-electron chi connectivity index (χ1n) is 6.82. The second-order valence-electron chi connectivity index (χ2n) is 5.36. The molecule has 5 heteroatoms. The summed E-state index contributed by atoms with van der Waals surface area (Å²) in [5.74, 6) is 3.24. The SMILES string of the molecule is COc1cc(N2C=CC(C)C2)nc(N2C=CN(C)C2)c1. The van der Waals surface area contributed by atoms with Crippen LogP contribution in [0, 0.1) is 5.92 Å². The van der Waals surface area contributed by atoms with E-state index in [0.29, 0.717) is 5.92 Å². The van der Waals surface area contributed by atoms with Gasteiger partial charge in [-0.1, -0.05) is 13.0 Å². The van der Waals surface area contributed by atoms with Gasteiger partial charge in [0.05, 0.1) is 13.8 Å². The summed E-state index contributed by atoms with van der Waals surface area (Å²) in [6.45, 7) is 3.98. The Morgan fingerprint density at radius 1 is 1.15 bits per heavy atom. The molecule has 2 aliphatic rings. The summed E-state index contributed by atoms with van der Waals surface area (Å²) in [5.41, 5.74) is 0. The summed E-state index contributed by atoms with van der Waals surface area (Å²) >= 11 is 0. The topological polar surface area (TPSA) is 31.8 Å². The van der Waals surface area contributed by atoms with Gasteiger partial charge in [-0.15, -0.1) is 0 Å². The molecule has 0 spiro atoms. The molecular weight excluding hydrogens is 252 g/mol. The molecule has 0 saturated carbocycles. The monoisotopic (exact) mass is 272 g/mol. The van der Waals surface area contributed by atoms with E-state index in [4.69, 9.17) is 9.72 Å². The van der Waals surface area contributed by atoms with Gasteiger partial charge in [0.15, 0.2) is 0 Å². The minimum atomic E-state index is 0.560. The molecule has 0 bridgehead atoms. The lowest BCUT2D eigenvalue weighted by Gasteiger charge is -2.22. The third-order valence-electron chi connectivity index (χ3n) is 3.55. The largest absolute Gasteiger partial charge is 0.496 e. The van der Waals surface area contributed by atoms with Gasteiger partial charge < -0.3 is 19.4 Å². The molecule has 1 atom stereocenters. The fourth-order valence-electron chi connectivity index (χ4n) is 2.42. The number of pyridine rings is 1. The Hall–Kier alpha value is -2.17. The fraction of sp³-hybridized carbons (Fsp3) is 0.400. The summed E-state index contributed by atoms with van der Waals surface area (Å²) in [6.07, 6.45) is 8.37. The number of methoxy groups -OCH3 is 1. The van der Waals surface area contributed by atoms with E-state index >= 15 is 0 Å². The standard InChI is InChI=1S/C15H20N4O/c1-12-4-5-18(10-12)14-8-13(20-3)9-15(16-14)19-7-6-17(2)11-19/h4-9,12H,10-11H2,1-3H3. The normalized spacial score (nSPS) is 21.1. The van der Waals surface area contributed by atoms with E-state index in [1.807, 2.05) is 31.6 Å². The van der Waals surface area contributed by atoms with E-state index in [2.05, 4.69) is 33.9 Å². The third-order valence-corrected chi connectivity index (χ3v) is 3.55. The molecule has 0 amide bonds. The van der Waals surface area contributed by atoms with Crippen LogP contribution in [0.25, 0.3) is 0 Å². The maximum absolute atomic E-state index is 5.41. The van der Waals surface area contributed by atoms with Crippen molar-refractivity contribution in [1.82, 2.24) is 9.88 Å². The molecule has 106 valence electrons. The number of aromatic nitrogens is 1. The first-order valence-corrected chi connectivity index (χ1v) is 6.82. The lowest BCUT2D eigenvalue weighted by Crippen LogP contribution is -2.24. The van der Waals surface area contributed by atoms with E-state index in [0.717, 1.165) is 30.6 Å². The molecule has 0 saturated heterocycles. The Labute approximate surface area is 119 Å². The van der Waals surface area contributed by atoms with Crippen molar-refractivity contribution < 1.29 is 4.74 Å². The van der Waals surface area contributed by atoms with Crippen LogP contribution in [0.2, 0.25) is 0 Å². The van der Waals surface area contributed by atoms with Gasteiger partial charge in [0.25, 0.3) is 0 Å². The van der Waals surface area contributed by atoms with Crippen LogP contribution >= 0.6 is 0 Å². The van der Waals surface area contributed by atoms with Gasteiger partial charge >= 0.3 is 0 Å². The van der Waals surface area contributed by atoms with E-state index in [-0.39, 0.29) is 0 Å². The Morgan fingerprint density at radius 2 is 1.90 bits per heavy atom. The lowest BCUT2D eigenvalue weighted by atomic mass is 10.2. The third kappa shape index (κ3) is 2.43. The zero-order valence-electron chi connectivity index (χ0n) is 12.2. The van der Waals surface area contributed by atoms with Gasteiger partial charge in [-0.05, 0) is 5.92 Å². The highest BCUT2D eigenvalue weighted by molar-refractivity contribution is 5.57. The predicted molar refractivity (Wildman–Crippen MR) is 80.7 cm³/mol. The van der Waals surface area contributed by atoms with Crippen molar-refractivity contribution in [2.75, 3.05) is 37.2 Å². The summed E-state index contributed by atoms with van der Waals surface area (Å²) in [6, 6.07) is 3.95. The molecule has 2 aliphatic heterocycles. The van der Waals surface area contributed by atoms with Crippen molar-refractivity contribution in [3.8, 4) is 5.75 Å². The average Bonchev–Trinajstić information content (AvgIpc) is 3.07. The molecule has 1 aromatic heterocycles. The van der Waals surface area contributed by atoms with Gasteiger partial charge in [-0.3, -0.25) is 0 Å². The quantitative estimate of drug-likeness (QED) is 0.842. The molecule has 0 N–H and O–H groups in total. The molecule has 20 heavy (non-hydrogen) atoms. The van der Waals surface area contributed by atoms with Gasteiger partial charge in [-0.25, -0.2) is 4.98 Å². The second-order valence-corrected chi connectivity index (χ2v) is 5.36. The Morgan fingerprint density at radius 3 is 2.45 bits per heavy atom. The second kappa shape index (κ2) is 5.07. The summed E-state index contributed by atoms with van der Waals surface area (Å²) in [5, 5.41) is 0. The van der Waals surface area contributed by atoms with Crippen molar-refractivity contribution in [2.24, 2.45) is 5.92 Å². The zero-order valence-corrected chi connectivity index (χ0v) is 12.2. The summed E-state index contributed by atoms with van der Waals surface area (Å²) in [4.78, 5) is 11.1. The summed E-state index contributed by atoms with van der Waals surface area (Å²) < 4.78 is 5.41. The minimum Gasteiger partial charge on any atom is -0.496 e. The van der Waals surface area contributed by atoms with Crippen LogP contribution in [-0.2, 0) is 0 Å². The van der Waals surface area contributed by atoms with E-state index in [1.54, 1.807) is 7.11 Å². The Balaban J connectivity index is 1.91. The van der Waals surface area contributed by atoms with Crippen LogP contribution in [0.15, 0.2) is 36.8 Å². The average molecular weight is 272 g/mol. The van der Waals surface area contributed by atoms with Crippen molar-refractivity contribution in [3.05, 3.63) is 36.8 Å². The number of anilines is 2. The number of rotatable bonds is 3. The van der Waals surface area contributed by atoms with Gasteiger partial charge in [-0.2, -0.15) is 0 Å². The van der Waals surface area contributed by atoms with Crippen LogP contribution in [-0.4, -0.2) is 37.3 Å². The van der Waals surface area contributed by atoms with Crippen LogP contribution in [0.3, 0.4) is 0 Å². The number of hydrogen-bond donors (Lipinski definition) is 0. The molecule has 0 aliphatic carbocycles.